The van der Waals surface area contributed by atoms with Crippen molar-refractivity contribution in [1.29, 1.82) is 0 Å². The number of H-pyrrole nitrogens is 1. The molecule has 1 aliphatic rings. The number of benzene rings is 1. The van der Waals surface area contributed by atoms with Crippen LogP contribution in [0.4, 0.5) is 10.7 Å². The molecule has 134 valence electrons. The maximum absolute atomic E-state index is 12.3. The zero-order valence-corrected chi connectivity index (χ0v) is 14.0. The van der Waals surface area contributed by atoms with Crippen LogP contribution in [0.1, 0.15) is 23.7 Å². The second-order valence-electron chi connectivity index (χ2n) is 6.22. The number of imidazole rings is 1. The van der Waals surface area contributed by atoms with Gasteiger partial charge in [0, 0.05) is 19.0 Å². The minimum Gasteiger partial charge on any atom is -0.445 e. The maximum Gasteiger partial charge on any atom is 0.410 e. The predicted octanol–water partition coefficient (Wildman–Crippen LogP) is 1.13. The highest BCUT2D eigenvalue weighted by atomic mass is 16.6. The van der Waals surface area contributed by atoms with Gasteiger partial charge in [-0.2, -0.15) is 0 Å². The van der Waals surface area contributed by atoms with Crippen molar-refractivity contribution in [2.75, 3.05) is 18.8 Å². The van der Waals surface area contributed by atoms with Crippen molar-refractivity contribution in [1.82, 2.24) is 24.5 Å². The number of carbonyl (C=O) groups is 1. The highest BCUT2D eigenvalue weighted by Crippen LogP contribution is 2.26. The van der Waals surface area contributed by atoms with Gasteiger partial charge in [0.2, 0.25) is 5.95 Å². The summed E-state index contributed by atoms with van der Waals surface area (Å²) in [4.78, 5) is 32.6. The number of anilines is 1. The van der Waals surface area contributed by atoms with Crippen LogP contribution in [0.5, 0.6) is 0 Å². The van der Waals surface area contributed by atoms with Crippen molar-refractivity contribution in [3.8, 4) is 0 Å². The number of hydrogen-bond donors (Lipinski definition) is 2. The average molecular weight is 354 g/mol. The van der Waals surface area contributed by atoms with Gasteiger partial charge in [-0.15, -0.1) is 5.10 Å². The van der Waals surface area contributed by atoms with Gasteiger partial charge in [-0.05, 0) is 12.0 Å². The molecule has 9 heteroatoms. The van der Waals surface area contributed by atoms with Gasteiger partial charge in [0.25, 0.3) is 5.56 Å². The molecule has 1 saturated heterocycles. The Bertz CT molecular complexity index is 997. The Balaban J connectivity index is 1.45. The quantitative estimate of drug-likeness (QED) is 0.728. The molecule has 2 aromatic heterocycles. The summed E-state index contributed by atoms with van der Waals surface area (Å²) in [6, 6.07) is 9.53. The van der Waals surface area contributed by atoms with E-state index in [4.69, 9.17) is 10.5 Å². The van der Waals surface area contributed by atoms with Gasteiger partial charge in [-0.25, -0.2) is 14.3 Å². The molecule has 0 unspecified atom stereocenters. The van der Waals surface area contributed by atoms with Crippen molar-refractivity contribution in [3.05, 3.63) is 58.3 Å². The number of hydrogen-bond acceptors (Lipinski definition) is 6. The van der Waals surface area contributed by atoms with E-state index in [0.717, 1.165) is 5.56 Å². The summed E-state index contributed by atoms with van der Waals surface area (Å²) in [6.45, 7) is 1.26. The first kappa shape index (κ1) is 16.1. The van der Waals surface area contributed by atoms with Crippen molar-refractivity contribution in [2.45, 2.75) is 18.9 Å². The number of nitrogens with two attached hydrogens (primary N) is 1. The molecule has 1 amide bonds. The van der Waals surface area contributed by atoms with Crippen LogP contribution in [0.15, 0.2) is 41.3 Å². The van der Waals surface area contributed by atoms with Crippen molar-refractivity contribution >= 4 is 17.6 Å². The molecule has 0 saturated carbocycles. The van der Waals surface area contributed by atoms with E-state index in [-0.39, 0.29) is 30.1 Å². The van der Waals surface area contributed by atoms with E-state index in [0.29, 0.717) is 30.9 Å². The summed E-state index contributed by atoms with van der Waals surface area (Å²) in [6.07, 6.45) is 1.83. The highest BCUT2D eigenvalue weighted by molar-refractivity contribution is 5.68. The zero-order chi connectivity index (χ0) is 18.1. The van der Waals surface area contributed by atoms with Crippen LogP contribution >= 0.6 is 0 Å². The Kier molecular flexibility index (Phi) is 4.04. The van der Waals surface area contributed by atoms with Crippen LogP contribution in [-0.2, 0) is 11.3 Å². The Morgan fingerprint density at radius 3 is 2.96 bits per heavy atom. The minimum absolute atomic E-state index is 0.0267. The van der Waals surface area contributed by atoms with E-state index >= 15 is 0 Å². The number of carbonyl (C=O) groups excluding carboxylic acids is 1. The van der Waals surface area contributed by atoms with E-state index in [1.165, 1.54) is 10.7 Å². The van der Waals surface area contributed by atoms with Crippen LogP contribution in [0.25, 0.3) is 5.52 Å². The average Bonchev–Trinajstić information content (AvgIpc) is 3.27. The third kappa shape index (κ3) is 2.99. The van der Waals surface area contributed by atoms with Crippen molar-refractivity contribution in [3.63, 3.8) is 0 Å². The molecule has 26 heavy (non-hydrogen) atoms. The van der Waals surface area contributed by atoms with Gasteiger partial charge in [0.15, 0.2) is 5.52 Å². The molecular weight excluding hydrogens is 336 g/mol. The summed E-state index contributed by atoms with van der Waals surface area (Å²) in [5.41, 5.74) is 6.55. The molecule has 0 aliphatic carbocycles. The number of fused-ring (bicyclic) bond motifs is 1. The van der Waals surface area contributed by atoms with Gasteiger partial charge in [0.05, 0.1) is 6.20 Å². The first-order valence-corrected chi connectivity index (χ1v) is 8.31. The van der Waals surface area contributed by atoms with E-state index in [1.54, 1.807) is 4.90 Å². The van der Waals surface area contributed by atoms with Crippen LogP contribution in [0.2, 0.25) is 0 Å². The number of aromatic amines is 1. The number of likely N-dealkylation sites (tertiary alicyclic amines) is 1. The number of nitrogens with one attached hydrogen (secondary N) is 1. The third-order valence-electron chi connectivity index (χ3n) is 4.46. The first-order chi connectivity index (χ1) is 12.6. The van der Waals surface area contributed by atoms with Crippen LogP contribution < -0.4 is 11.3 Å². The molecule has 0 spiro atoms. The van der Waals surface area contributed by atoms with Crippen LogP contribution in [0, 0.1) is 0 Å². The predicted molar refractivity (Wildman–Crippen MR) is 93.6 cm³/mol. The largest absolute Gasteiger partial charge is 0.445 e. The Hall–Kier alpha value is -3.36. The highest BCUT2D eigenvalue weighted by Gasteiger charge is 2.31. The van der Waals surface area contributed by atoms with E-state index in [9.17, 15) is 9.59 Å². The van der Waals surface area contributed by atoms with E-state index in [2.05, 4.69) is 15.1 Å². The normalized spacial score (nSPS) is 16.9. The lowest BCUT2D eigenvalue weighted by Crippen LogP contribution is -2.29. The molecule has 0 radical (unpaired) electrons. The summed E-state index contributed by atoms with van der Waals surface area (Å²) in [5.74, 6) is 0.616. The topological polar surface area (TPSA) is 119 Å². The molecule has 3 N–H and O–H groups in total. The van der Waals surface area contributed by atoms with Crippen LogP contribution in [-0.4, -0.2) is 43.7 Å². The lowest BCUT2D eigenvalue weighted by atomic mass is 10.1. The van der Waals surface area contributed by atoms with Gasteiger partial charge in [-0.3, -0.25) is 9.78 Å². The van der Waals surface area contributed by atoms with E-state index < -0.39 is 0 Å². The zero-order valence-electron chi connectivity index (χ0n) is 14.0. The second kappa shape index (κ2) is 6.51. The summed E-state index contributed by atoms with van der Waals surface area (Å²) in [7, 11) is 0. The molecular formula is C17H18N6O3. The van der Waals surface area contributed by atoms with E-state index in [1.807, 2.05) is 30.3 Å². The summed E-state index contributed by atoms with van der Waals surface area (Å²) in [5, 5.41) is 4.13. The summed E-state index contributed by atoms with van der Waals surface area (Å²) < 4.78 is 6.83. The van der Waals surface area contributed by atoms with Crippen LogP contribution in [0.3, 0.4) is 0 Å². The molecule has 9 nitrogen and oxygen atoms in total. The Morgan fingerprint density at radius 1 is 1.35 bits per heavy atom. The fourth-order valence-corrected chi connectivity index (χ4v) is 3.16. The molecule has 3 heterocycles. The second-order valence-corrected chi connectivity index (χ2v) is 6.22. The molecule has 4 rings (SSSR count). The number of amides is 1. The van der Waals surface area contributed by atoms with Gasteiger partial charge >= 0.3 is 6.09 Å². The number of aromatic nitrogens is 4. The Labute approximate surface area is 148 Å². The third-order valence-corrected chi connectivity index (χ3v) is 4.46. The molecule has 3 aromatic rings. The monoisotopic (exact) mass is 354 g/mol. The minimum atomic E-state index is -0.359. The fraction of sp³-hybridized carbons (Fsp3) is 0.294. The lowest BCUT2D eigenvalue weighted by molar-refractivity contribution is 0.104. The van der Waals surface area contributed by atoms with Crippen molar-refractivity contribution < 1.29 is 9.53 Å². The number of nitrogen functional groups attached to an aromatic ring is 1. The number of nitrogens with zero attached hydrogens (tertiary/aromatic N) is 4. The molecule has 1 fully saturated rings. The number of ether oxygens (including phenoxy) is 1. The standard InChI is InChI=1S/C17H18N6O3/c18-16-20-15(24)13-8-19-14(23(13)21-16)12-6-7-22(9-12)17(25)26-10-11-4-2-1-3-5-11/h1-5,8,12H,6-7,9-10H2,(H3,18,20,21,24)/t12-/m0/s1. The lowest BCUT2D eigenvalue weighted by Gasteiger charge is -2.16. The molecule has 0 bridgehead atoms. The number of rotatable bonds is 3. The Morgan fingerprint density at radius 2 is 2.15 bits per heavy atom. The maximum atomic E-state index is 12.3. The fourth-order valence-electron chi connectivity index (χ4n) is 3.16. The van der Waals surface area contributed by atoms with Gasteiger partial charge in [0.1, 0.15) is 12.4 Å². The first-order valence-electron chi connectivity index (χ1n) is 8.31. The molecule has 1 aromatic carbocycles. The summed E-state index contributed by atoms with van der Waals surface area (Å²) >= 11 is 0. The SMILES string of the molecule is Nc1nn2c([C@H]3CCN(C(=O)OCc4ccccc4)C3)ncc2c(=O)[nH]1. The molecule has 1 atom stereocenters. The van der Waals surface area contributed by atoms with Gasteiger partial charge < -0.3 is 15.4 Å². The van der Waals surface area contributed by atoms with Crippen molar-refractivity contribution in [2.24, 2.45) is 0 Å². The molecule has 1 aliphatic heterocycles. The smallest absolute Gasteiger partial charge is 0.410 e. The van der Waals surface area contributed by atoms with Gasteiger partial charge in [-0.1, -0.05) is 30.3 Å².